The molecule has 1 atom stereocenters. The van der Waals surface area contributed by atoms with E-state index < -0.39 is 0 Å². The van der Waals surface area contributed by atoms with E-state index in [-0.39, 0.29) is 17.9 Å². The molecule has 1 unspecified atom stereocenters. The van der Waals surface area contributed by atoms with Crippen molar-refractivity contribution in [2.45, 2.75) is 52.0 Å². The molecule has 0 aromatic carbocycles. The van der Waals surface area contributed by atoms with E-state index in [0.717, 1.165) is 18.8 Å². The second kappa shape index (κ2) is 5.94. The molecule has 15 heavy (non-hydrogen) atoms. The van der Waals surface area contributed by atoms with Gasteiger partial charge in [-0.1, -0.05) is 25.3 Å². The van der Waals surface area contributed by atoms with Crippen molar-refractivity contribution in [3.8, 4) is 0 Å². The zero-order valence-electron chi connectivity index (χ0n) is 9.96. The Bertz CT molecular complexity index is 219. The number of allylic oxidation sites excluding steroid dienone is 1. The highest BCUT2D eigenvalue weighted by atomic mass is 16.1. The third-order valence-corrected chi connectivity index (χ3v) is 3.10. The van der Waals surface area contributed by atoms with Crippen LogP contribution in [0.3, 0.4) is 0 Å². The first-order valence-electron chi connectivity index (χ1n) is 6.04. The molecule has 1 fully saturated rings. The lowest BCUT2D eigenvalue weighted by Crippen LogP contribution is -2.36. The Hall–Kier alpha value is -0.790. The third kappa shape index (κ3) is 4.06. The number of hydrogen-bond donors (Lipinski definition) is 1. The molecule has 0 radical (unpaired) electrons. The largest absolute Gasteiger partial charge is 0.354 e. The van der Waals surface area contributed by atoms with Crippen LogP contribution in [0.25, 0.3) is 0 Å². The summed E-state index contributed by atoms with van der Waals surface area (Å²) in [5, 5.41) is 2.99. The first-order valence-corrected chi connectivity index (χ1v) is 6.04. The van der Waals surface area contributed by atoms with Gasteiger partial charge in [0.25, 0.3) is 0 Å². The zero-order valence-corrected chi connectivity index (χ0v) is 9.96. The highest BCUT2D eigenvalue weighted by molar-refractivity contribution is 5.79. The predicted octanol–water partition coefficient (Wildman–Crippen LogP) is 2.89. The molecular weight excluding hydrogens is 186 g/mol. The molecule has 2 nitrogen and oxygen atoms in total. The van der Waals surface area contributed by atoms with E-state index in [1.54, 1.807) is 0 Å². The van der Waals surface area contributed by atoms with Crippen LogP contribution in [-0.2, 0) is 4.79 Å². The molecule has 1 amide bonds. The summed E-state index contributed by atoms with van der Waals surface area (Å²) in [4.78, 5) is 11.9. The van der Waals surface area contributed by atoms with Gasteiger partial charge in [0.05, 0.1) is 0 Å². The summed E-state index contributed by atoms with van der Waals surface area (Å²) in [5.41, 5.74) is 0. The Labute approximate surface area is 93.1 Å². The first-order chi connectivity index (χ1) is 7.13. The summed E-state index contributed by atoms with van der Waals surface area (Å²) in [6.07, 6.45) is 7.69. The van der Waals surface area contributed by atoms with Gasteiger partial charge in [-0.15, -0.1) is 6.58 Å². The summed E-state index contributed by atoms with van der Waals surface area (Å²) >= 11 is 0. The molecular formula is C13H23NO. The van der Waals surface area contributed by atoms with Crippen molar-refractivity contribution < 1.29 is 4.79 Å². The molecule has 0 spiro atoms. The van der Waals surface area contributed by atoms with Crippen molar-refractivity contribution in [3.63, 3.8) is 0 Å². The van der Waals surface area contributed by atoms with Crippen molar-refractivity contribution in [3.05, 3.63) is 12.7 Å². The second-order valence-electron chi connectivity index (χ2n) is 4.92. The fraction of sp³-hybridized carbons (Fsp3) is 0.769. The standard InChI is InChI=1S/C13H23NO/c1-4-6-12(9-11-7-5-8-11)13(15)14-10(2)3/h4,10-12H,1,5-9H2,2-3H3,(H,14,15). The fourth-order valence-electron chi connectivity index (χ4n) is 2.04. The quantitative estimate of drug-likeness (QED) is 0.670. The summed E-state index contributed by atoms with van der Waals surface area (Å²) < 4.78 is 0. The number of nitrogens with one attached hydrogen (secondary N) is 1. The van der Waals surface area contributed by atoms with Crippen LogP contribution in [0.4, 0.5) is 0 Å². The van der Waals surface area contributed by atoms with E-state index in [1.807, 2.05) is 19.9 Å². The smallest absolute Gasteiger partial charge is 0.223 e. The molecule has 1 N–H and O–H groups in total. The predicted molar refractivity (Wildman–Crippen MR) is 63.5 cm³/mol. The molecule has 0 aromatic rings. The van der Waals surface area contributed by atoms with Crippen molar-refractivity contribution in [2.24, 2.45) is 11.8 Å². The normalized spacial score (nSPS) is 18.3. The fourth-order valence-corrected chi connectivity index (χ4v) is 2.04. The number of carbonyl (C=O) groups excluding carboxylic acids is 1. The molecule has 0 saturated heterocycles. The second-order valence-corrected chi connectivity index (χ2v) is 4.92. The number of hydrogen-bond acceptors (Lipinski definition) is 1. The van der Waals surface area contributed by atoms with Gasteiger partial charge in [-0.05, 0) is 32.6 Å². The summed E-state index contributed by atoms with van der Waals surface area (Å²) in [6, 6.07) is 0.242. The van der Waals surface area contributed by atoms with Crippen LogP contribution in [0.1, 0.15) is 46.0 Å². The third-order valence-electron chi connectivity index (χ3n) is 3.10. The molecule has 0 heterocycles. The van der Waals surface area contributed by atoms with E-state index >= 15 is 0 Å². The maximum Gasteiger partial charge on any atom is 0.223 e. The Morgan fingerprint density at radius 2 is 2.20 bits per heavy atom. The molecule has 0 aromatic heterocycles. The average Bonchev–Trinajstić information content (AvgIpc) is 2.07. The van der Waals surface area contributed by atoms with Crippen molar-refractivity contribution in [2.75, 3.05) is 0 Å². The lowest BCUT2D eigenvalue weighted by molar-refractivity contribution is -0.126. The Balaban J connectivity index is 2.39. The number of carbonyl (C=O) groups is 1. The van der Waals surface area contributed by atoms with Gasteiger partial charge in [0, 0.05) is 12.0 Å². The van der Waals surface area contributed by atoms with Crippen molar-refractivity contribution in [1.82, 2.24) is 5.32 Å². The highest BCUT2D eigenvalue weighted by Crippen LogP contribution is 2.33. The SMILES string of the molecule is C=CCC(CC1CCC1)C(=O)NC(C)C. The van der Waals surface area contributed by atoms with Crippen LogP contribution >= 0.6 is 0 Å². The van der Waals surface area contributed by atoms with Gasteiger partial charge < -0.3 is 5.32 Å². The van der Waals surface area contributed by atoms with Crippen LogP contribution in [0.15, 0.2) is 12.7 Å². The summed E-state index contributed by atoms with van der Waals surface area (Å²) in [5.74, 6) is 1.14. The topological polar surface area (TPSA) is 29.1 Å². The minimum atomic E-state index is 0.148. The van der Waals surface area contributed by atoms with Gasteiger partial charge in [0.15, 0.2) is 0 Å². The Morgan fingerprint density at radius 3 is 2.60 bits per heavy atom. The average molecular weight is 209 g/mol. The van der Waals surface area contributed by atoms with Gasteiger partial charge in [0.1, 0.15) is 0 Å². The molecule has 1 rings (SSSR count). The van der Waals surface area contributed by atoms with Crippen LogP contribution in [0, 0.1) is 11.8 Å². The molecule has 1 saturated carbocycles. The number of rotatable bonds is 6. The lowest BCUT2D eigenvalue weighted by Gasteiger charge is -2.29. The van der Waals surface area contributed by atoms with Crippen LogP contribution in [-0.4, -0.2) is 11.9 Å². The number of amides is 1. The van der Waals surface area contributed by atoms with Gasteiger partial charge >= 0.3 is 0 Å². The van der Waals surface area contributed by atoms with Gasteiger partial charge in [-0.2, -0.15) is 0 Å². The minimum absolute atomic E-state index is 0.148. The zero-order chi connectivity index (χ0) is 11.3. The van der Waals surface area contributed by atoms with Gasteiger partial charge in [-0.3, -0.25) is 4.79 Å². The van der Waals surface area contributed by atoms with E-state index in [1.165, 1.54) is 19.3 Å². The molecule has 0 bridgehead atoms. The van der Waals surface area contributed by atoms with Crippen LogP contribution in [0.2, 0.25) is 0 Å². The molecule has 1 aliphatic rings. The van der Waals surface area contributed by atoms with E-state index in [2.05, 4.69) is 11.9 Å². The van der Waals surface area contributed by atoms with Gasteiger partial charge in [-0.25, -0.2) is 0 Å². The van der Waals surface area contributed by atoms with Gasteiger partial charge in [0.2, 0.25) is 5.91 Å². The first kappa shape index (κ1) is 12.3. The maximum absolute atomic E-state index is 11.9. The minimum Gasteiger partial charge on any atom is -0.354 e. The molecule has 2 heteroatoms. The molecule has 86 valence electrons. The lowest BCUT2D eigenvalue weighted by atomic mass is 9.78. The Morgan fingerprint density at radius 1 is 1.53 bits per heavy atom. The van der Waals surface area contributed by atoms with E-state index in [0.29, 0.717) is 0 Å². The van der Waals surface area contributed by atoms with E-state index in [4.69, 9.17) is 0 Å². The van der Waals surface area contributed by atoms with Crippen molar-refractivity contribution in [1.29, 1.82) is 0 Å². The monoisotopic (exact) mass is 209 g/mol. The molecule has 0 aliphatic heterocycles. The van der Waals surface area contributed by atoms with Crippen molar-refractivity contribution >= 4 is 5.91 Å². The van der Waals surface area contributed by atoms with E-state index in [9.17, 15) is 4.79 Å². The maximum atomic E-state index is 11.9. The summed E-state index contributed by atoms with van der Waals surface area (Å²) in [7, 11) is 0. The highest BCUT2D eigenvalue weighted by Gasteiger charge is 2.25. The summed E-state index contributed by atoms with van der Waals surface area (Å²) in [6.45, 7) is 7.75. The Kier molecular flexibility index (Phi) is 4.86. The van der Waals surface area contributed by atoms with Crippen LogP contribution in [0.5, 0.6) is 0 Å². The molecule has 1 aliphatic carbocycles. The van der Waals surface area contributed by atoms with Crippen LogP contribution < -0.4 is 5.32 Å².